The first kappa shape index (κ1) is 19.9. The number of ketones is 1. The standard InChI is InChI=1S/C22H28N2O5/c1-5-8-11-27-21-17-19(29-23-21)18(24(9-6-2)10-7-3)15-12-14-13-16(26-4)22(15,28-14)20(17)25/h6-7,13-15,18H,2-3,5,8-12H2,1,4H3/t14-,15?,18-,22+/m0/s1. The number of rotatable bonds is 10. The molecule has 0 saturated carbocycles. The van der Waals surface area contributed by atoms with Crippen LogP contribution < -0.4 is 4.74 Å². The minimum atomic E-state index is -1.16. The Morgan fingerprint density at radius 3 is 2.79 bits per heavy atom. The summed E-state index contributed by atoms with van der Waals surface area (Å²) in [5.41, 5.74) is -0.794. The monoisotopic (exact) mass is 400 g/mol. The van der Waals surface area contributed by atoms with Crippen LogP contribution in [0.5, 0.6) is 5.88 Å². The number of Topliss-reactive ketones (excluding diaryl/α,β-unsaturated/α-hetero) is 1. The number of hydrogen-bond donors (Lipinski definition) is 0. The highest BCUT2D eigenvalue weighted by atomic mass is 16.6. The maximum absolute atomic E-state index is 13.8. The number of aromatic nitrogens is 1. The van der Waals surface area contributed by atoms with Gasteiger partial charge < -0.3 is 18.7 Å². The van der Waals surface area contributed by atoms with Crippen molar-refractivity contribution in [3.63, 3.8) is 0 Å². The second-order valence-electron chi connectivity index (χ2n) is 7.70. The molecule has 7 heteroatoms. The Kier molecular flexibility index (Phi) is 5.36. The molecule has 0 aromatic carbocycles. The highest BCUT2D eigenvalue weighted by Crippen LogP contribution is 2.59. The summed E-state index contributed by atoms with van der Waals surface area (Å²) in [4.78, 5) is 15.9. The van der Waals surface area contributed by atoms with Gasteiger partial charge in [-0.3, -0.25) is 9.69 Å². The second kappa shape index (κ2) is 7.80. The van der Waals surface area contributed by atoms with Crippen molar-refractivity contribution in [2.45, 2.75) is 43.9 Å². The maximum Gasteiger partial charge on any atom is 0.265 e. The molecular weight excluding hydrogens is 372 g/mol. The lowest BCUT2D eigenvalue weighted by atomic mass is 9.67. The molecule has 1 aromatic rings. The molecule has 0 amide bonds. The summed E-state index contributed by atoms with van der Waals surface area (Å²) < 4.78 is 23.4. The Morgan fingerprint density at radius 1 is 1.38 bits per heavy atom. The number of unbranched alkanes of at least 4 members (excludes halogenated alkanes) is 1. The van der Waals surface area contributed by atoms with Gasteiger partial charge in [0.15, 0.2) is 11.4 Å². The van der Waals surface area contributed by atoms with Crippen molar-refractivity contribution in [1.29, 1.82) is 0 Å². The topological polar surface area (TPSA) is 74.0 Å². The van der Waals surface area contributed by atoms with Gasteiger partial charge in [0.1, 0.15) is 11.3 Å². The van der Waals surface area contributed by atoms with Gasteiger partial charge in [-0.2, -0.15) is 0 Å². The van der Waals surface area contributed by atoms with Gasteiger partial charge in [-0.25, -0.2) is 0 Å². The molecule has 2 bridgehead atoms. The summed E-state index contributed by atoms with van der Waals surface area (Å²) >= 11 is 0. The van der Waals surface area contributed by atoms with Crippen molar-refractivity contribution in [3.8, 4) is 5.88 Å². The Hall–Kier alpha value is -2.38. The molecule has 0 N–H and O–H groups in total. The minimum Gasteiger partial charge on any atom is -0.498 e. The fourth-order valence-electron chi connectivity index (χ4n) is 4.86. The molecule has 1 fully saturated rings. The smallest absolute Gasteiger partial charge is 0.265 e. The maximum atomic E-state index is 13.8. The summed E-state index contributed by atoms with van der Waals surface area (Å²) in [6, 6.07) is -0.224. The van der Waals surface area contributed by atoms with E-state index in [0.717, 1.165) is 12.8 Å². The number of fused-ring (bicyclic) bond motifs is 2. The van der Waals surface area contributed by atoms with Crippen molar-refractivity contribution in [1.82, 2.24) is 10.1 Å². The highest BCUT2D eigenvalue weighted by molar-refractivity contribution is 6.09. The lowest BCUT2D eigenvalue weighted by molar-refractivity contribution is -0.0340. The lowest BCUT2D eigenvalue weighted by Crippen LogP contribution is -2.54. The summed E-state index contributed by atoms with van der Waals surface area (Å²) in [7, 11) is 1.58. The van der Waals surface area contributed by atoms with Crippen LogP contribution in [0.1, 0.15) is 48.3 Å². The number of carbonyl (C=O) groups excluding carboxylic acids is 1. The van der Waals surface area contributed by atoms with E-state index in [9.17, 15) is 4.79 Å². The molecule has 1 spiro atoms. The van der Waals surface area contributed by atoms with Crippen LogP contribution in [0.3, 0.4) is 0 Å². The third kappa shape index (κ3) is 2.87. The summed E-state index contributed by atoms with van der Waals surface area (Å²) in [6.45, 7) is 11.5. The van der Waals surface area contributed by atoms with E-state index >= 15 is 0 Å². The zero-order chi connectivity index (χ0) is 20.6. The van der Waals surface area contributed by atoms with Crippen LogP contribution in [-0.4, -0.2) is 54.4 Å². The van der Waals surface area contributed by atoms with Crippen LogP contribution in [0.25, 0.3) is 0 Å². The van der Waals surface area contributed by atoms with E-state index in [4.69, 9.17) is 18.7 Å². The molecule has 1 aliphatic carbocycles. The van der Waals surface area contributed by atoms with Gasteiger partial charge in [0, 0.05) is 19.0 Å². The third-order valence-corrected chi connectivity index (χ3v) is 6.03. The quantitative estimate of drug-likeness (QED) is 0.440. The molecule has 2 aliphatic heterocycles. The lowest BCUT2D eigenvalue weighted by Gasteiger charge is -2.43. The number of carbonyl (C=O) groups is 1. The van der Waals surface area contributed by atoms with Crippen LogP contribution in [0, 0.1) is 5.92 Å². The average Bonchev–Trinajstić information content (AvgIpc) is 3.40. The fraction of sp³-hybridized carbons (Fsp3) is 0.545. The molecule has 3 aliphatic rings. The van der Waals surface area contributed by atoms with Crippen LogP contribution in [0.2, 0.25) is 0 Å². The van der Waals surface area contributed by atoms with Crippen molar-refractivity contribution in [3.05, 3.63) is 48.5 Å². The Morgan fingerprint density at radius 2 is 2.14 bits per heavy atom. The van der Waals surface area contributed by atoms with Crippen molar-refractivity contribution < 1.29 is 23.5 Å². The molecule has 3 heterocycles. The highest BCUT2D eigenvalue weighted by Gasteiger charge is 2.68. The summed E-state index contributed by atoms with van der Waals surface area (Å²) in [6.07, 6.45) is 7.99. The summed E-state index contributed by atoms with van der Waals surface area (Å²) in [5, 5.41) is 4.12. The Bertz CT molecular complexity index is 834. The normalized spacial score (nSPS) is 29.4. The molecular formula is C22H28N2O5. The number of methoxy groups -OCH3 is 1. The fourth-order valence-corrected chi connectivity index (χ4v) is 4.86. The molecule has 1 aromatic heterocycles. The van der Waals surface area contributed by atoms with Gasteiger partial charge in [0.25, 0.3) is 5.88 Å². The van der Waals surface area contributed by atoms with Crippen LogP contribution in [-0.2, 0) is 9.47 Å². The van der Waals surface area contributed by atoms with Crippen molar-refractivity contribution in [2.75, 3.05) is 26.8 Å². The van der Waals surface area contributed by atoms with Crippen LogP contribution in [0.4, 0.5) is 0 Å². The average molecular weight is 400 g/mol. The van der Waals surface area contributed by atoms with E-state index in [-0.39, 0.29) is 29.7 Å². The predicted octanol–water partition coefficient (Wildman–Crippen LogP) is 3.45. The number of hydrogen-bond acceptors (Lipinski definition) is 7. The van der Waals surface area contributed by atoms with Gasteiger partial charge in [-0.1, -0.05) is 25.5 Å². The molecule has 4 rings (SSSR count). The van der Waals surface area contributed by atoms with Crippen LogP contribution in [0.15, 0.2) is 41.7 Å². The molecule has 29 heavy (non-hydrogen) atoms. The van der Waals surface area contributed by atoms with Crippen LogP contribution >= 0.6 is 0 Å². The summed E-state index contributed by atoms with van der Waals surface area (Å²) in [5.74, 6) is 1.00. The van der Waals surface area contributed by atoms with E-state index in [2.05, 4.69) is 30.1 Å². The first-order valence-corrected chi connectivity index (χ1v) is 10.2. The van der Waals surface area contributed by atoms with Crippen molar-refractivity contribution >= 4 is 5.78 Å². The Labute approximate surface area is 171 Å². The predicted molar refractivity (Wildman–Crippen MR) is 107 cm³/mol. The van der Waals surface area contributed by atoms with E-state index in [1.54, 1.807) is 7.11 Å². The number of nitrogens with zero attached hydrogens (tertiary/aromatic N) is 2. The SMILES string of the molecule is C=CCN(CC=C)[C@@H]1c2onc(OCCCC)c2C(=O)[C@]23O[C@H](C=C2OC)CC13. The molecule has 1 saturated heterocycles. The largest absolute Gasteiger partial charge is 0.498 e. The molecule has 0 radical (unpaired) electrons. The number of ether oxygens (including phenoxy) is 3. The van der Waals surface area contributed by atoms with Gasteiger partial charge in [0.2, 0.25) is 5.78 Å². The molecule has 156 valence electrons. The van der Waals surface area contributed by atoms with Crippen molar-refractivity contribution in [2.24, 2.45) is 5.92 Å². The van der Waals surface area contributed by atoms with E-state index in [1.807, 2.05) is 18.2 Å². The van der Waals surface area contributed by atoms with Gasteiger partial charge >= 0.3 is 0 Å². The Balaban J connectivity index is 1.83. The molecule has 4 atom stereocenters. The first-order chi connectivity index (χ1) is 14.1. The first-order valence-electron chi connectivity index (χ1n) is 10.2. The van der Waals surface area contributed by atoms with E-state index < -0.39 is 5.60 Å². The third-order valence-electron chi connectivity index (χ3n) is 6.03. The van der Waals surface area contributed by atoms with E-state index in [1.165, 1.54) is 0 Å². The molecule has 7 nitrogen and oxygen atoms in total. The van der Waals surface area contributed by atoms with Gasteiger partial charge in [0.05, 0.1) is 25.9 Å². The minimum absolute atomic E-state index is 0.149. The van der Waals surface area contributed by atoms with Gasteiger partial charge in [-0.05, 0) is 24.1 Å². The zero-order valence-corrected chi connectivity index (χ0v) is 17.1. The zero-order valence-electron chi connectivity index (χ0n) is 17.1. The second-order valence-corrected chi connectivity index (χ2v) is 7.70. The van der Waals surface area contributed by atoms with E-state index in [0.29, 0.717) is 43.2 Å². The molecule has 1 unspecified atom stereocenters. The van der Waals surface area contributed by atoms with Gasteiger partial charge in [-0.15, -0.1) is 13.2 Å².